The van der Waals surface area contributed by atoms with Gasteiger partial charge in [-0.05, 0) is 31.7 Å². The lowest BCUT2D eigenvalue weighted by Gasteiger charge is -2.21. The fourth-order valence-corrected chi connectivity index (χ4v) is 3.78. The first-order chi connectivity index (χ1) is 7.70. The standard InChI is InChI=1S/C13H22N2S/c1-4-14-10-6-5-7-11-13(10)16-12(15-11)8-9(2)3/h9-10,14H,4-8H2,1-3H3. The highest BCUT2D eigenvalue weighted by Crippen LogP contribution is 2.34. The Labute approximate surface area is 102 Å². The highest BCUT2D eigenvalue weighted by molar-refractivity contribution is 7.11. The van der Waals surface area contributed by atoms with Crippen LogP contribution in [0.2, 0.25) is 0 Å². The van der Waals surface area contributed by atoms with Crippen LogP contribution in [0, 0.1) is 5.92 Å². The first-order valence-corrected chi connectivity index (χ1v) is 7.24. The van der Waals surface area contributed by atoms with E-state index in [-0.39, 0.29) is 0 Å². The maximum Gasteiger partial charge on any atom is 0.0934 e. The van der Waals surface area contributed by atoms with Crippen molar-refractivity contribution in [3.8, 4) is 0 Å². The molecule has 0 bridgehead atoms. The normalized spacial score (nSPS) is 20.1. The Balaban J connectivity index is 2.17. The average molecular weight is 238 g/mol. The zero-order chi connectivity index (χ0) is 11.5. The van der Waals surface area contributed by atoms with E-state index in [2.05, 4.69) is 26.1 Å². The lowest BCUT2D eigenvalue weighted by Crippen LogP contribution is -2.23. The van der Waals surface area contributed by atoms with Crippen molar-refractivity contribution in [2.75, 3.05) is 6.54 Å². The summed E-state index contributed by atoms with van der Waals surface area (Å²) in [5, 5.41) is 4.92. The summed E-state index contributed by atoms with van der Waals surface area (Å²) in [5.74, 6) is 0.713. The van der Waals surface area contributed by atoms with E-state index in [0.29, 0.717) is 12.0 Å². The fraction of sp³-hybridized carbons (Fsp3) is 0.769. The van der Waals surface area contributed by atoms with Crippen LogP contribution in [0.5, 0.6) is 0 Å². The van der Waals surface area contributed by atoms with Gasteiger partial charge in [0.1, 0.15) is 0 Å². The van der Waals surface area contributed by atoms with Gasteiger partial charge in [0.15, 0.2) is 0 Å². The molecule has 1 aromatic rings. The second-order valence-electron chi connectivity index (χ2n) is 5.02. The van der Waals surface area contributed by atoms with Crippen molar-refractivity contribution in [1.82, 2.24) is 10.3 Å². The molecule has 0 fully saturated rings. The van der Waals surface area contributed by atoms with Gasteiger partial charge >= 0.3 is 0 Å². The molecular weight excluding hydrogens is 216 g/mol. The molecule has 0 radical (unpaired) electrons. The summed E-state index contributed by atoms with van der Waals surface area (Å²) < 4.78 is 0. The lowest BCUT2D eigenvalue weighted by molar-refractivity contribution is 0.476. The summed E-state index contributed by atoms with van der Waals surface area (Å²) >= 11 is 1.94. The number of hydrogen-bond donors (Lipinski definition) is 1. The van der Waals surface area contributed by atoms with Crippen LogP contribution in [0.25, 0.3) is 0 Å². The number of aryl methyl sites for hydroxylation is 1. The minimum atomic E-state index is 0.576. The van der Waals surface area contributed by atoms with Gasteiger partial charge < -0.3 is 5.32 Å². The molecule has 2 nitrogen and oxygen atoms in total. The second kappa shape index (κ2) is 5.28. The summed E-state index contributed by atoms with van der Waals surface area (Å²) in [6.45, 7) is 7.77. The predicted molar refractivity (Wildman–Crippen MR) is 70.0 cm³/mol. The number of fused-ring (bicyclic) bond motifs is 1. The van der Waals surface area contributed by atoms with Gasteiger partial charge in [-0.25, -0.2) is 4.98 Å². The zero-order valence-electron chi connectivity index (χ0n) is 10.5. The Morgan fingerprint density at radius 1 is 1.50 bits per heavy atom. The Bertz CT molecular complexity index is 344. The van der Waals surface area contributed by atoms with Crippen LogP contribution in [-0.2, 0) is 12.8 Å². The van der Waals surface area contributed by atoms with Crippen molar-refractivity contribution in [3.05, 3.63) is 15.6 Å². The van der Waals surface area contributed by atoms with Crippen LogP contribution < -0.4 is 5.32 Å². The quantitative estimate of drug-likeness (QED) is 0.870. The third kappa shape index (κ3) is 2.64. The van der Waals surface area contributed by atoms with Crippen LogP contribution >= 0.6 is 11.3 Å². The molecule has 16 heavy (non-hydrogen) atoms. The molecule has 0 aliphatic heterocycles. The van der Waals surface area contributed by atoms with Gasteiger partial charge in [0.25, 0.3) is 0 Å². The van der Waals surface area contributed by atoms with Gasteiger partial charge in [0.05, 0.1) is 10.7 Å². The van der Waals surface area contributed by atoms with Crippen LogP contribution in [0.3, 0.4) is 0 Å². The molecule has 3 heteroatoms. The van der Waals surface area contributed by atoms with Crippen LogP contribution in [0.15, 0.2) is 0 Å². The monoisotopic (exact) mass is 238 g/mol. The average Bonchev–Trinajstić information content (AvgIpc) is 2.60. The molecule has 1 aromatic heterocycles. The minimum absolute atomic E-state index is 0.576. The van der Waals surface area contributed by atoms with E-state index in [0.717, 1.165) is 13.0 Å². The van der Waals surface area contributed by atoms with E-state index in [4.69, 9.17) is 4.98 Å². The zero-order valence-corrected chi connectivity index (χ0v) is 11.4. The second-order valence-corrected chi connectivity index (χ2v) is 6.13. The Morgan fingerprint density at radius 2 is 2.31 bits per heavy atom. The van der Waals surface area contributed by atoms with Gasteiger partial charge in [0, 0.05) is 17.3 Å². The molecule has 90 valence electrons. The minimum Gasteiger partial charge on any atom is -0.309 e. The third-order valence-corrected chi connectivity index (χ3v) is 4.26. The van der Waals surface area contributed by atoms with Crippen molar-refractivity contribution >= 4 is 11.3 Å². The number of nitrogens with one attached hydrogen (secondary N) is 1. The number of hydrogen-bond acceptors (Lipinski definition) is 3. The van der Waals surface area contributed by atoms with E-state index in [1.165, 1.54) is 34.8 Å². The number of nitrogens with zero attached hydrogens (tertiary/aromatic N) is 1. The molecule has 2 rings (SSSR count). The fourth-order valence-electron chi connectivity index (χ4n) is 2.35. The maximum atomic E-state index is 4.80. The van der Waals surface area contributed by atoms with Crippen LogP contribution in [0.4, 0.5) is 0 Å². The number of thiazole rings is 1. The van der Waals surface area contributed by atoms with Crippen molar-refractivity contribution in [3.63, 3.8) is 0 Å². The van der Waals surface area contributed by atoms with Crippen molar-refractivity contribution in [1.29, 1.82) is 0 Å². The molecule has 1 aliphatic rings. The molecular formula is C13H22N2S. The number of rotatable bonds is 4. The van der Waals surface area contributed by atoms with E-state index in [9.17, 15) is 0 Å². The van der Waals surface area contributed by atoms with Gasteiger partial charge in [-0.15, -0.1) is 11.3 Å². The molecule has 1 unspecified atom stereocenters. The van der Waals surface area contributed by atoms with Crippen LogP contribution in [0.1, 0.15) is 55.2 Å². The summed E-state index contributed by atoms with van der Waals surface area (Å²) in [6, 6.07) is 0.576. The molecule has 1 heterocycles. The SMILES string of the molecule is CCNC1CCCc2nc(CC(C)C)sc21. The molecule has 0 amide bonds. The Hall–Kier alpha value is -0.410. The summed E-state index contributed by atoms with van der Waals surface area (Å²) in [4.78, 5) is 6.32. The molecule has 0 saturated carbocycles. The van der Waals surface area contributed by atoms with Crippen molar-refractivity contribution < 1.29 is 0 Å². The molecule has 1 atom stereocenters. The van der Waals surface area contributed by atoms with E-state index in [1.807, 2.05) is 11.3 Å². The maximum absolute atomic E-state index is 4.80. The molecule has 1 aliphatic carbocycles. The van der Waals surface area contributed by atoms with E-state index < -0.39 is 0 Å². The number of aromatic nitrogens is 1. The van der Waals surface area contributed by atoms with E-state index >= 15 is 0 Å². The topological polar surface area (TPSA) is 24.9 Å². The Morgan fingerprint density at radius 3 is 3.00 bits per heavy atom. The third-order valence-electron chi connectivity index (χ3n) is 3.03. The highest BCUT2D eigenvalue weighted by Gasteiger charge is 2.23. The van der Waals surface area contributed by atoms with Crippen molar-refractivity contribution in [2.45, 2.75) is 52.5 Å². The molecule has 0 saturated heterocycles. The predicted octanol–water partition coefficient (Wildman–Crippen LogP) is 3.33. The molecule has 0 aromatic carbocycles. The van der Waals surface area contributed by atoms with E-state index in [1.54, 1.807) is 0 Å². The summed E-state index contributed by atoms with van der Waals surface area (Å²) in [5.41, 5.74) is 1.37. The van der Waals surface area contributed by atoms with Crippen molar-refractivity contribution in [2.24, 2.45) is 5.92 Å². The van der Waals surface area contributed by atoms with Gasteiger partial charge in [-0.1, -0.05) is 20.8 Å². The highest BCUT2D eigenvalue weighted by atomic mass is 32.1. The smallest absolute Gasteiger partial charge is 0.0934 e. The summed E-state index contributed by atoms with van der Waals surface area (Å²) in [7, 11) is 0. The first-order valence-electron chi connectivity index (χ1n) is 6.42. The van der Waals surface area contributed by atoms with Gasteiger partial charge in [-0.2, -0.15) is 0 Å². The largest absolute Gasteiger partial charge is 0.309 e. The van der Waals surface area contributed by atoms with Crippen LogP contribution in [-0.4, -0.2) is 11.5 Å². The van der Waals surface area contributed by atoms with Gasteiger partial charge in [0.2, 0.25) is 0 Å². The first kappa shape index (κ1) is 12.1. The molecule has 1 N–H and O–H groups in total. The molecule has 0 spiro atoms. The Kier molecular flexibility index (Phi) is 3.98. The summed E-state index contributed by atoms with van der Waals surface area (Å²) in [6.07, 6.45) is 4.89. The van der Waals surface area contributed by atoms with Gasteiger partial charge in [-0.3, -0.25) is 0 Å². The lowest BCUT2D eigenvalue weighted by atomic mass is 9.98.